The van der Waals surface area contributed by atoms with Crippen molar-refractivity contribution in [3.63, 3.8) is 0 Å². The third-order valence-corrected chi connectivity index (χ3v) is 2.82. The predicted molar refractivity (Wildman–Crippen MR) is 67.9 cm³/mol. The van der Waals surface area contributed by atoms with Crippen LogP contribution in [0.5, 0.6) is 5.75 Å². The molecule has 1 aromatic carbocycles. The van der Waals surface area contributed by atoms with Gasteiger partial charge < -0.3 is 4.74 Å². The summed E-state index contributed by atoms with van der Waals surface area (Å²) in [4.78, 5) is 3.91. The number of nitrogens with zero attached hydrogens (tertiary/aromatic N) is 4. The van der Waals surface area contributed by atoms with E-state index < -0.39 is 6.36 Å². The molecule has 0 radical (unpaired) electrons. The lowest BCUT2D eigenvalue weighted by atomic mass is 10.2. The van der Waals surface area contributed by atoms with Crippen molar-refractivity contribution in [2.45, 2.75) is 6.36 Å². The Morgan fingerprint density at radius 3 is 2.48 bits per heavy atom. The lowest BCUT2D eigenvalue weighted by molar-refractivity contribution is -0.274. The van der Waals surface area contributed by atoms with Gasteiger partial charge in [-0.1, -0.05) is 11.6 Å². The molecule has 0 atom stereocenters. The van der Waals surface area contributed by atoms with Gasteiger partial charge in [-0.25, -0.2) is 4.98 Å². The van der Waals surface area contributed by atoms with E-state index in [9.17, 15) is 13.2 Å². The van der Waals surface area contributed by atoms with Crippen LogP contribution in [0.1, 0.15) is 0 Å². The second kappa shape index (κ2) is 4.88. The van der Waals surface area contributed by atoms with E-state index in [2.05, 4.69) is 19.9 Å². The molecule has 108 valence electrons. The van der Waals surface area contributed by atoms with E-state index in [0.29, 0.717) is 17.0 Å². The molecular formula is C12H6ClF3N4O. The number of halogens is 4. The number of hydrogen-bond acceptors (Lipinski definition) is 4. The minimum Gasteiger partial charge on any atom is -0.406 e. The third-order valence-electron chi connectivity index (χ3n) is 2.61. The smallest absolute Gasteiger partial charge is 0.406 e. The lowest BCUT2D eigenvalue weighted by Gasteiger charge is -2.08. The van der Waals surface area contributed by atoms with Crippen molar-refractivity contribution < 1.29 is 17.9 Å². The van der Waals surface area contributed by atoms with Crippen LogP contribution in [-0.4, -0.2) is 25.9 Å². The van der Waals surface area contributed by atoms with E-state index in [1.807, 2.05) is 0 Å². The van der Waals surface area contributed by atoms with Crippen molar-refractivity contribution in [3.05, 3.63) is 41.8 Å². The molecule has 0 N–H and O–H groups in total. The van der Waals surface area contributed by atoms with Gasteiger partial charge in [0.05, 0.1) is 0 Å². The summed E-state index contributed by atoms with van der Waals surface area (Å²) in [5.74, 6) is 0.133. The highest BCUT2D eigenvalue weighted by Crippen LogP contribution is 2.26. The summed E-state index contributed by atoms with van der Waals surface area (Å²) in [5.41, 5.74) is 1.06. The highest BCUT2D eigenvalue weighted by molar-refractivity contribution is 6.29. The van der Waals surface area contributed by atoms with Crippen molar-refractivity contribution in [2.75, 3.05) is 0 Å². The zero-order valence-electron chi connectivity index (χ0n) is 10.2. The van der Waals surface area contributed by atoms with E-state index in [-0.39, 0.29) is 10.9 Å². The minimum absolute atomic E-state index is 0.273. The molecule has 0 saturated carbocycles. The van der Waals surface area contributed by atoms with Gasteiger partial charge in [-0.05, 0) is 24.3 Å². The molecule has 5 nitrogen and oxygen atoms in total. The highest BCUT2D eigenvalue weighted by atomic mass is 35.5. The Morgan fingerprint density at radius 1 is 1.10 bits per heavy atom. The molecule has 3 aromatic rings. The van der Waals surface area contributed by atoms with Crippen LogP contribution in [0.3, 0.4) is 0 Å². The van der Waals surface area contributed by atoms with Crippen LogP contribution in [0.2, 0.25) is 5.15 Å². The maximum absolute atomic E-state index is 12.1. The zero-order chi connectivity index (χ0) is 15.0. The molecule has 0 amide bonds. The fourth-order valence-corrected chi connectivity index (χ4v) is 1.92. The average molecular weight is 315 g/mol. The largest absolute Gasteiger partial charge is 0.573 e. The number of ether oxygens (including phenoxy) is 1. The SMILES string of the molecule is FC(F)(F)Oc1ccc(-c2nnc3cc(Cl)ncn23)cc1. The molecule has 0 saturated heterocycles. The van der Waals surface area contributed by atoms with Crippen molar-refractivity contribution in [2.24, 2.45) is 0 Å². The summed E-state index contributed by atoms with van der Waals surface area (Å²) in [6.45, 7) is 0. The summed E-state index contributed by atoms with van der Waals surface area (Å²) in [7, 11) is 0. The van der Waals surface area contributed by atoms with Gasteiger partial charge in [0.15, 0.2) is 11.5 Å². The molecule has 3 rings (SSSR count). The third kappa shape index (κ3) is 2.89. The second-order valence-corrected chi connectivity index (χ2v) is 4.42. The lowest BCUT2D eigenvalue weighted by Crippen LogP contribution is -2.16. The Hall–Kier alpha value is -2.35. The molecule has 0 unspecified atom stereocenters. The topological polar surface area (TPSA) is 52.3 Å². The van der Waals surface area contributed by atoms with Gasteiger partial charge in [0, 0.05) is 11.6 Å². The Bertz CT molecular complexity index is 785. The highest BCUT2D eigenvalue weighted by Gasteiger charge is 2.31. The van der Waals surface area contributed by atoms with E-state index >= 15 is 0 Å². The Balaban J connectivity index is 1.96. The summed E-state index contributed by atoms with van der Waals surface area (Å²) < 4.78 is 41.7. The van der Waals surface area contributed by atoms with Gasteiger partial charge in [0.2, 0.25) is 0 Å². The Labute approximate surface area is 121 Å². The van der Waals surface area contributed by atoms with E-state index in [1.54, 1.807) is 4.40 Å². The fourth-order valence-electron chi connectivity index (χ4n) is 1.77. The molecular weight excluding hydrogens is 309 g/mol. The van der Waals surface area contributed by atoms with Crippen LogP contribution in [-0.2, 0) is 0 Å². The summed E-state index contributed by atoms with van der Waals surface area (Å²) in [6.07, 6.45) is -3.28. The van der Waals surface area contributed by atoms with Gasteiger partial charge in [0.1, 0.15) is 17.2 Å². The molecule has 0 aliphatic heterocycles. The van der Waals surface area contributed by atoms with Gasteiger partial charge in [-0.2, -0.15) is 0 Å². The number of benzene rings is 1. The monoisotopic (exact) mass is 314 g/mol. The summed E-state index contributed by atoms with van der Waals surface area (Å²) >= 11 is 5.74. The first-order valence-corrected chi connectivity index (χ1v) is 6.03. The van der Waals surface area contributed by atoms with Crippen molar-refractivity contribution >= 4 is 17.2 Å². The van der Waals surface area contributed by atoms with Crippen LogP contribution < -0.4 is 4.74 Å². The average Bonchev–Trinajstić information content (AvgIpc) is 2.80. The molecule has 0 bridgehead atoms. The summed E-state index contributed by atoms with van der Waals surface area (Å²) in [5, 5.41) is 8.15. The number of alkyl halides is 3. The van der Waals surface area contributed by atoms with E-state index in [1.165, 1.54) is 36.7 Å². The van der Waals surface area contributed by atoms with Gasteiger partial charge in [0.25, 0.3) is 0 Å². The van der Waals surface area contributed by atoms with Crippen LogP contribution in [0.4, 0.5) is 13.2 Å². The molecule has 21 heavy (non-hydrogen) atoms. The van der Waals surface area contributed by atoms with E-state index in [4.69, 9.17) is 11.6 Å². The van der Waals surface area contributed by atoms with Crippen LogP contribution in [0.15, 0.2) is 36.7 Å². The second-order valence-electron chi connectivity index (χ2n) is 4.04. The number of hydrogen-bond donors (Lipinski definition) is 0. The summed E-state index contributed by atoms with van der Waals surface area (Å²) in [6, 6.07) is 6.83. The molecule has 0 aliphatic rings. The maximum atomic E-state index is 12.1. The first kappa shape index (κ1) is 13.6. The molecule has 9 heteroatoms. The standard InChI is InChI=1S/C12H6ClF3N4O/c13-9-5-10-18-19-11(20(10)6-17-9)7-1-3-8(4-2-7)21-12(14,15)16/h1-6H. The normalized spacial score (nSPS) is 11.8. The number of aromatic nitrogens is 4. The van der Waals surface area contributed by atoms with E-state index in [0.717, 1.165) is 0 Å². The first-order chi connectivity index (χ1) is 9.92. The number of rotatable bonds is 2. The maximum Gasteiger partial charge on any atom is 0.573 e. The van der Waals surface area contributed by atoms with Crippen LogP contribution >= 0.6 is 11.6 Å². The molecule has 0 aliphatic carbocycles. The zero-order valence-corrected chi connectivity index (χ0v) is 10.9. The molecule has 2 heterocycles. The fraction of sp³-hybridized carbons (Fsp3) is 0.0833. The number of fused-ring (bicyclic) bond motifs is 1. The first-order valence-electron chi connectivity index (χ1n) is 5.65. The van der Waals surface area contributed by atoms with Crippen molar-refractivity contribution in [3.8, 4) is 17.1 Å². The van der Waals surface area contributed by atoms with Crippen molar-refractivity contribution in [1.29, 1.82) is 0 Å². The minimum atomic E-state index is -4.72. The van der Waals surface area contributed by atoms with Crippen LogP contribution in [0.25, 0.3) is 17.0 Å². The van der Waals surface area contributed by atoms with Gasteiger partial charge in [-0.15, -0.1) is 23.4 Å². The molecule has 0 spiro atoms. The molecule has 2 aromatic heterocycles. The van der Waals surface area contributed by atoms with Crippen LogP contribution in [0, 0.1) is 0 Å². The van der Waals surface area contributed by atoms with Crippen molar-refractivity contribution in [1.82, 2.24) is 19.6 Å². The Morgan fingerprint density at radius 2 is 1.81 bits per heavy atom. The predicted octanol–water partition coefficient (Wildman–Crippen LogP) is 3.34. The molecule has 0 fully saturated rings. The Kier molecular flexibility index (Phi) is 3.17. The van der Waals surface area contributed by atoms with Gasteiger partial charge >= 0.3 is 6.36 Å². The van der Waals surface area contributed by atoms with Gasteiger partial charge in [-0.3, -0.25) is 4.40 Å². The quantitative estimate of drug-likeness (QED) is 0.681.